The van der Waals surface area contributed by atoms with Gasteiger partial charge in [0, 0.05) is 6.42 Å². The highest BCUT2D eigenvalue weighted by Crippen LogP contribution is 2.38. The molecule has 0 bridgehead atoms. The molecule has 0 spiro atoms. The fourth-order valence-corrected chi connectivity index (χ4v) is 9.82. The molecule has 0 radical (unpaired) electrons. The summed E-state index contributed by atoms with van der Waals surface area (Å²) in [5, 5.41) is 5.27. The summed E-state index contributed by atoms with van der Waals surface area (Å²) in [6, 6.07) is 20.8. The van der Waals surface area contributed by atoms with Gasteiger partial charge in [0.05, 0.1) is 12.1 Å². The van der Waals surface area contributed by atoms with Crippen molar-refractivity contribution in [2.45, 2.75) is 91.8 Å². The highest BCUT2D eigenvalue weighted by atomic mass is 28.4. The average molecular weight is 560 g/mol. The molecule has 2 rings (SSSR count). The molecule has 0 heterocycles. The van der Waals surface area contributed by atoms with Crippen molar-refractivity contribution >= 4 is 30.4 Å². The first-order valence-electron chi connectivity index (χ1n) is 14.4. The molecule has 0 unspecified atom stereocenters. The number of allylic oxidation sites excluding steroid dienone is 3. The Labute approximate surface area is 243 Å². The normalized spacial score (nSPS) is 14.6. The van der Waals surface area contributed by atoms with Gasteiger partial charge in [-0.15, -0.1) is 0 Å². The third-order valence-corrected chi connectivity index (χ3v) is 12.2. The van der Waals surface area contributed by atoms with Crippen LogP contribution in [0.2, 0.25) is 5.04 Å². The molecular formula is C35H49NO3Si. The topological polar surface area (TPSA) is 55.4 Å². The number of benzene rings is 2. The van der Waals surface area contributed by atoms with Crippen molar-refractivity contribution in [1.82, 2.24) is 5.32 Å². The number of Topliss-reactive ketones (excluding diaryl/α,β-unsaturated/α-hetero) is 1. The zero-order chi connectivity index (χ0) is 29.8. The Hall–Kier alpha value is -3.02. The van der Waals surface area contributed by atoms with E-state index in [4.69, 9.17) is 4.43 Å². The van der Waals surface area contributed by atoms with E-state index in [-0.39, 0.29) is 34.7 Å². The number of rotatable bonds is 13. The lowest BCUT2D eigenvalue weighted by molar-refractivity contribution is -0.127. The van der Waals surface area contributed by atoms with E-state index < -0.39 is 14.4 Å². The van der Waals surface area contributed by atoms with E-state index in [0.717, 1.165) is 6.42 Å². The van der Waals surface area contributed by atoms with Gasteiger partial charge >= 0.3 is 0 Å². The second-order valence-electron chi connectivity index (χ2n) is 12.4. The van der Waals surface area contributed by atoms with Crippen LogP contribution in [0.4, 0.5) is 0 Å². The van der Waals surface area contributed by atoms with Crippen LogP contribution in [0.3, 0.4) is 0 Å². The minimum absolute atomic E-state index is 0.000454. The van der Waals surface area contributed by atoms with Crippen molar-refractivity contribution in [3.8, 4) is 0 Å². The second-order valence-corrected chi connectivity index (χ2v) is 16.6. The van der Waals surface area contributed by atoms with Gasteiger partial charge in [-0.1, -0.05) is 133 Å². The Bertz CT molecular complexity index is 1120. The Morgan fingerprint density at radius 1 is 0.800 bits per heavy atom. The molecule has 0 saturated carbocycles. The zero-order valence-electron chi connectivity index (χ0n) is 25.7. The molecule has 1 amide bonds. The quantitative estimate of drug-likeness (QED) is 0.165. The van der Waals surface area contributed by atoms with E-state index in [0.29, 0.717) is 6.42 Å². The first kappa shape index (κ1) is 33.2. The monoisotopic (exact) mass is 559 g/mol. The van der Waals surface area contributed by atoms with Crippen molar-refractivity contribution in [1.29, 1.82) is 0 Å². The Morgan fingerprint density at radius 2 is 1.32 bits per heavy atom. The van der Waals surface area contributed by atoms with E-state index in [1.807, 2.05) is 33.8 Å². The fraction of sp³-hybridized carbons (Fsp3) is 0.429. The van der Waals surface area contributed by atoms with Gasteiger partial charge in [0.15, 0.2) is 5.78 Å². The lowest BCUT2D eigenvalue weighted by Crippen LogP contribution is -2.67. The molecule has 0 aliphatic heterocycles. The first-order chi connectivity index (χ1) is 18.9. The van der Waals surface area contributed by atoms with Crippen molar-refractivity contribution in [3.05, 3.63) is 97.1 Å². The molecule has 0 aliphatic rings. The third kappa shape index (κ3) is 9.00. The molecular weight excluding hydrogens is 510 g/mol. The van der Waals surface area contributed by atoms with E-state index in [1.165, 1.54) is 16.4 Å². The molecule has 5 heteroatoms. The highest BCUT2D eigenvalue weighted by molar-refractivity contribution is 6.99. The number of carbonyl (C=O) groups excluding carboxylic acids is 2. The molecule has 2 aromatic carbocycles. The fourth-order valence-electron chi connectivity index (χ4n) is 5.11. The van der Waals surface area contributed by atoms with E-state index in [2.05, 4.69) is 105 Å². The smallest absolute Gasteiger partial charge is 0.261 e. The van der Waals surface area contributed by atoms with Crippen LogP contribution < -0.4 is 15.7 Å². The van der Waals surface area contributed by atoms with Crippen molar-refractivity contribution in [2.75, 3.05) is 0 Å². The Balaban J connectivity index is 2.35. The van der Waals surface area contributed by atoms with Crippen LogP contribution in [0.5, 0.6) is 0 Å². The van der Waals surface area contributed by atoms with Gasteiger partial charge in [-0.3, -0.25) is 9.59 Å². The SMILES string of the molecule is C/C=C\C[C@@H](C/C=C\CC(=O)[C@@H](NC(=O)/C=C\C)C(C)(C)C)O[Si](c1ccccc1)(c1ccccc1)C(C)(C)C. The largest absolute Gasteiger partial charge is 0.404 e. The maximum absolute atomic E-state index is 13.2. The maximum Gasteiger partial charge on any atom is 0.261 e. The van der Waals surface area contributed by atoms with Crippen LogP contribution in [0, 0.1) is 5.41 Å². The van der Waals surface area contributed by atoms with Crippen molar-refractivity contribution in [3.63, 3.8) is 0 Å². The van der Waals surface area contributed by atoms with Gasteiger partial charge in [-0.05, 0) is 53.6 Å². The van der Waals surface area contributed by atoms with Crippen molar-refractivity contribution in [2.24, 2.45) is 5.41 Å². The van der Waals surface area contributed by atoms with Gasteiger partial charge in [0.1, 0.15) is 0 Å². The summed E-state index contributed by atoms with van der Waals surface area (Å²) in [4.78, 5) is 25.3. The van der Waals surface area contributed by atoms with E-state index >= 15 is 0 Å². The molecule has 0 saturated heterocycles. The van der Waals surface area contributed by atoms with E-state index in [9.17, 15) is 9.59 Å². The van der Waals surface area contributed by atoms with Gasteiger partial charge < -0.3 is 9.74 Å². The molecule has 4 nitrogen and oxygen atoms in total. The number of hydrogen-bond donors (Lipinski definition) is 1. The summed E-state index contributed by atoms with van der Waals surface area (Å²) in [6.07, 6.45) is 13.0. The average Bonchev–Trinajstić information content (AvgIpc) is 2.90. The summed E-state index contributed by atoms with van der Waals surface area (Å²) in [5.41, 5.74) is -0.386. The number of ketones is 1. The van der Waals surface area contributed by atoms with Crippen LogP contribution in [-0.4, -0.2) is 32.2 Å². The minimum Gasteiger partial charge on any atom is -0.404 e. The Morgan fingerprint density at radius 3 is 1.77 bits per heavy atom. The van der Waals surface area contributed by atoms with Crippen LogP contribution in [-0.2, 0) is 14.0 Å². The summed E-state index contributed by atoms with van der Waals surface area (Å²) in [7, 11) is -2.70. The van der Waals surface area contributed by atoms with Crippen LogP contribution in [0.25, 0.3) is 0 Å². The number of nitrogens with one attached hydrogen (secondary N) is 1. The summed E-state index contributed by atoms with van der Waals surface area (Å²) < 4.78 is 7.35. The van der Waals surface area contributed by atoms with Gasteiger partial charge in [0.2, 0.25) is 5.91 Å². The number of amides is 1. The number of hydrogen-bond acceptors (Lipinski definition) is 3. The minimum atomic E-state index is -2.70. The summed E-state index contributed by atoms with van der Waals surface area (Å²) in [6.45, 7) is 16.6. The molecule has 0 fully saturated rings. The van der Waals surface area contributed by atoms with Crippen LogP contribution >= 0.6 is 0 Å². The third-order valence-electron chi connectivity index (χ3n) is 7.07. The molecule has 0 aliphatic carbocycles. The number of carbonyl (C=O) groups is 2. The molecule has 0 aromatic heterocycles. The molecule has 1 N–H and O–H groups in total. The highest BCUT2D eigenvalue weighted by Gasteiger charge is 2.51. The predicted octanol–water partition coefficient (Wildman–Crippen LogP) is 6.91. The van der Waals surface area contributed by atoms with E-state index in [1.54, 1.807) is 13.0 Å². The molecule has 2 aromatic rings. The first-order valence-corrected chi connectivity index (χ1v) is 16.3. The molecule has 216 valence electrons. The lowest BCUT2D eigenvalue weighted by atomic mass is 9.83. The summed E-state index contributed by atoms with van der Waals surface area (Å²) in [5.74, 6) is -0.246. The predicted molar refractivity (Wildman–Crippen MR) is 172 cm³/mol. The maximum atomic E-state index is 13.2. The van der Waals surface area contributed by atoms with Gasteiger partial charge in [0.25, 0.3) is 8.32 Å². The van der Waals surface area contributed by atoms with Crippen LogP contribution in [0.1, 0.15) is 74.7 Å². The zero-order valence-corrected chi connectivity index (χ0v) is 26.7. The molecule has 2 atom stereocenters. The molecule has 40 heavy (non-hydrogen) atoms. The Kier molecular flexibility index (Phi) is 12.5. The van der Waals surface area contributed by atoms with Crippen LogP contribution in [0.15, 0.2) is 97.1 Å². The van der Waals surface area contributed by atoms with Gasteiger partial charge in [-0.25, -0.2) is 0 Å². The van der Waals surface area contributed by atoms with Gasteiger partial charge in [-0.2, -0.15) is 0 Å². The van der Waals surface area contributed by atoms with Crippen molar-refractivity contribution < 1.29 is 14.0 Å². The lowest BCUT2D eigenvalue weighted by Gasteiger charge is -2.45. The summed E-state index contributed by atoms with van der Waals surface area (Å²) >= 11 is 0. The second kappa shape index (κ2) is 15.1. The standard InChI is InChI=1S/C35H49NO3Si/c1-9-11-21-28(22-18-19-27-31(37)33(34(3,4)5)36-32(38)20-10-2)39-40(35(6,7)8,29-23-14-12-15-24-29)30-25-16-13-17-26-30/h9-20,23-26,28,33H,21-22,27H2,1-8H3,(H,36,38)/b11-9-,19-18-,20-10-/t28-,33+/m0/s1.